The summed E-state index contributed by atoms with van der Waals surface area (Å²) in [5.41, 5.74) is 7.49. The van der Waals surface area contributed by atoms with Crippen LogP contribution in [0.5, 0.6) is 0 Å². The van der Waals surface area contributed by atoms with Crippen LogP contribution in [0.4, 0.5) is 11.5 Å². The molecule has 0 atom stereocenters. The van der Waals surface area contributed by atoms with Gasteiger partial charge in [0.15, 0.2) is 0 Å². The molecule has 0 saturated carbocycles. The zero-order chi connectivity index (χ0) is 14.8. The number of hydrogen-bond donors (Lipinski definition) is 2. The van der Waals surface area contributed by atoms with Gasteiger partial charge in [0.1, 0.15) is 5.82 Å². The van der Waals surface area contributed by atoms with Crippen molar-refractivity contribution in [2.75, 3.05) is 11.1 Å². The molecule has 1 aromatic heterocycles. The van der Waals surface area contributed by atoms with Crippen LogP contribution in [0.3, 0.4) is 0 Å². The first-order valence-corrected chi connectivity index (χ1v) is 6.51. The van der Waals surface area contributed by atoms with E-state index in [-0.39, 0.29) is 5.91 Å². The Balaban J connectivity index is 2.21. The van der Waals surface area contributed by atoms with E-state index < -0.39 is 5.41 Å². The summed E-state index contributed by atoms with van der Waals surface area (Å²) < 4.78 is 0. The molecule has 104 valence electrons. The topological polar surface area (TPSA) is 68.0 Å². The normalized spacial score (nSPS) is 11.2. The number of carbonyl (C=O) groups excluding carboxylic acids is 1. The molecular formula is C16H19N3O. The highest BCUT2D eigenvalue weighted by molar-refractivity contribution is 5.97. The van der Waals surface area contributed by atoms with Gasteiger partial charge in [-0.1, -0.05) is 18.2 Å². The van der Waals surface area contributed by atoms with Crippen LogP contribution >= 0.6 is 0 Å². The highest BCUT2D eigenvalue weighted by Crippen LogP contribution is 2.25. The Kier molecular flexibility index (Phi) is 3.74. The SMILES string of the molecule is Cc1cccc(NC(=O)C(C)(C)c2ccc(N)cc2)n1. The Morgan fingerprint density at radius 2 is 1.80 bits per heavy atom. The Labute approximate surface area is 119 Å². The van der Waals surface area contributed by atoms with Crippen molar-refractivity contribution in [1.29, 1.82) is 0 Å². The second-order valence-corrected chi connectivity index (χ2v) is 5.37. The van der Waals surface area contributed by atoms with Gasteiger partial charge in [-0.25, -0.2) is 4.98 Å². The minimum absolute atomic E-state index is 0.0969. The monoisotopic (exact) mass is 269 g/mol. The average Bonchev–Trinajstić information content (AvgIpc) is 2.39. The maximum atomic E-state index is 12.4. The van der Waals surface area contributed by atoms with E-state index in [0.29, 0.717) is 11.5 Å². The van der Waals surface area contributed by atoms with E-state index in [1.807, 2.05) is 45.0 Å². The Hall–Kier alpha value is -2.36. The van der Waals surface area contributed by atoms with E-state index in [1.165, 1.54) is 0 Å². The van der Waals surface area contributed by atoms with Crippen molar-refractivity contribution >= 4 is 17.4 Å². The van der Waals surface area contributed by atoms with E-state index in [0.717, 1.165) is 11.3 Å². The molecule has 0 radical (unpaired) electrons. The number of nitrogen functional groups attached to an aromatic ring is 1. The maximum Gasteiger partial charge on any atom is 0.235 e. The maximum absolute atomic E-state index is 12.4. The molecule has 4 nitrogen and oxygen atoms in total. The lowest BCUT2D eigenvalue weighted by molar-refractivity contribution is -0.120. The number of aromatic nitrogens is 1. The van der Waals surface area contributed by atoms with E-state index in [9.17, 15) is 4.79 Å². The molecule has 3 N–H and O–H groups in total. The number of carbonyl (C=O) groups is 1. The molecule has 4 heteroatoms. The number of hydrogen-bond acceptors (Lipinski definition) is 3. The number of anilines is 2. The molecule has 0 aliphatic heterocycles. The Bertz CT molecular complexity index is 618. The summed E-state index contributed by atoms with van der Waals surface area (Å²) in [4.78, 5) is 16.7. The number of nitrogens with two attached hydrogens (primary N) is 1. The van der Waals surface area contributed by atoms with E-state index in [2.05, 4.69) is 10.3 Å². The van der Waals surface area contributed by atoms with Crippen LogP contribution in [0.15, 0.2) is 42.5 Å². The standard InChI is InChI=1S/C16H19N3O/c1-11-5-4-6-14(18-11)19-15(20)16(2,3)12-7-9-13(17)10-8-12/h4-10H,17H2,1-3H3,(H,18,19,20). The van der Waals surface area contributed by atoms with Gasteiger partial charge in [-0.15, -0.1) is 0 Å². The zero-order valence-corrected chi connectivity index (χ0v) is 12.0. The van der Waals surface area contributed by atoms with Gasteiger partial charge in [0.2, 0.25) is 5.91 Å². The molecule has 20 heavy (non-hydrogen) atoms. The fourth-order valence-electron chi connectivity index (χ4n) is 1.92. The predicted molar refractivity (Wildman–Crippen MR) is 81.5 cm³/mol. The summed E-state index contributed by atoms with van der Waals surface area (Å²) in [5.74, 6) is 0.471. The van der Waals surface area contributed by atoms with Gasteiger partial charge in [-0.2, -0.15) is 0 Å². The number of aryl methyl sites for hydroxylation is 1. The van der Waals surface area contributed by atoms with Crippen LogP contribution in [0.2, 0.25) is 0 Å². The third-order valence-electron chi connectivity index (χ3n) is 3.33. The highest BCUT2D eigenvalue weighted by atomic mass is 16.2. The second-order valence-electron chi connectivity index (χ2n) is 5.37. The first kappa shape index (κ1) is 14.1. The van der Waals surface area contributed by atoms with Gasteiger partial charge in [-0.3, -0.25) is 4.79 Å². The lowest BCUT2D eigenvalue weighted by Crippen LogP contribution is -2.35. The van der Waals surface area contributed by atoms with Crippen LogP contribution in [0, 0.1) is 6.92 Å². The lowest BCUT2D eigenvalue weighted by atomic mass is 9.83. The number of nitrogens with zero attached hydrogens (tertiary/aromatic N) is 1. The van der Waals surface area contributed by atoms with Crippen LogP contribution in [-0.2, 0) is 10.2 Å². The van der Waals surface area contributed by atoms with Crippen molar-refractivity contribution in [1.82, 2.24) is 4.98 Å². The summed E-state index contributed by atoms with van der Waals surface area (Å²) in [5, 5.41) is 2.85. The average molecular weight is 269 g/mol. The molecule has 0 spiro atoms. The van der Waals surface area contributed by atoms with Crippen molar-refractivity contribution in [2.24, 2.45) is 0 Å². The van der Waals surface area contributed by atoms with Gasteiger partial charge in [0.25, 0.3) is 0 Å². The summed E-state index contributed by atoms with van der Waals surface area (Å²) in [6.07, 6.45) is 0. The molecule has 1 aromatic carbocycles. The van der Waals surface area contributed by atoms with Gasteiger partial charge < -0.3 is 11.1 Å². The van der Waals surface area contributed by atoms with E-state index >= 15 is 0 Å². The summed E-state index contributed by atoms with van der Waals surface area (Å²) in [6, 6.07) is 12.9. The summed E-state index contributed by atoms with van der Waals surface area (Å²) in [7, 11) is 0. The number of nitrogens with one attached hydrogen (secondary N) is 1. The molecule has 0 saturated heterocycles. The number of pyridine rings is 1. The van der Waals surface area contributed by atoms with Crippen LogP contribution < -0.4 is 11.1 Å². The van der Waals surface area contributed by atoms with Gasteiger partial charge >= 0.3 is 0 Å². The van der Waals surface area contributed by atoms with Crippen molar-refractivity contribution in [2.45, 2.75) is 26.2 Å². The number of amides is 1. The van der Waals surface area contributed by atoms with Gasteiger partial charge in [0, 0.05) is 11.4 Å². The summed E-state index contributed by atoms with van der Waals surface area (Å²) in [6.45, 7) is 5.65. The van der Waals surface area contributed by atoms with Crippen molar-refractivity contribution < 1.29 is 4.79 Å². The quantitative estimate of drug-likeness (QED) is 0.842. The molecule has 2 aromatic rings. The smallest absolute Gasteiger partial charge is 0.235 e. The molecule has 1 heterocycles. The number of rotatable bonds is 3. The van der Waals surface area contributed by atoms with Crippen LogP contribution in [0.25, 0.3) is 0 Å². The molecule has 0 bridgehead atoms. The molecule has 2 rings (SSSR count). The minimum atomic E-state index is -0.654. The van der Waals surface area contributed by atoms with Gasteiger partial charge in [-0.05, 0) is 50.6 Å². The molecule has 1 amide bonds. The third-order valence-corrected chi connectivity index (χ3v) is 3.33. The minimum Gasteiger partial charge on any atom is -0.399 e. The first-order valence-electron chi connectivity index (χ1n) is 6.51. The fraction of sp³-hybridized carbons (Fsp3) is 0.250. The fourth-order valence-corrected chi connectivity index (χ4v) is 1.92. The van der Waals surface area contributed by atoms with Crippen LogP contribution in [0.1, 0.15) is 25.1 Å². The van der Waals surface area contributed by atoms with E-state index in [1.54, 1.807) is 18.2 Å². The first-order chi connectivity index (χ1) is 9.39. The molecule has 0 fully saturated rings. The lowest BCUT2D eigenvalue weighted by Gasteiger charge is -2.24. The zero-order valence-electron chi connectivity index (χ0n) is 12.0. The molecule has 0 unspecified atom stereocenters. The molecule has 0 aliphatic rings. The van der Waals surface area contributed by atoms with Crippen molar-refractivity contribution in [3.8, 4) is 0 Å². The Morgan fingerprint density at radius 3 is 2.40 bits per heavy atom. The Morgan fingerprint density at radius 1 is 1.15 bits per heavy atom. The number of benzene rings is 1. The second kappa shape index (κ2) is 5.33. The highest BCUT2D eigenvalue weighted by Gasteiger charge is 2.29. The summed E-state index contributed by atoms with van der Waals surface area (Å²) >= 11 is 0. The predicted octanol–water partition coefficient (Wildman–Crippen LogP) is 2.89. The molecule has 0 aliphatic carbocycles. The van der Waals surface area contributed by atoms with E-state index in [4.69, 9.17) is 5.73 Å². The van der Waals surface area contributed by atoms with Crippen molar-refractivity contribution in [3.63, 3.8) is 0 Å². The third kappa shape index (κ3) is 2.96. The largest absolute Gasteiger partial charge is 0.399 e. The van der Waals surface area contributed by atoms with Crippen molar-refractivity contribution in [3.05, 3.63) is 53.7 Å². The van der Waals surface area contributed by atoms with Gasteiger partial charge in [0.05, 0.1) is 5.41 Å². The van der Waals surface area contributed by atoms with Crippen LogP contribution in [-0.4, -0.2) is 10.9 Å². The molecular weight excluding hydrogens is 250 g/mol.